The lowest BCUT2D eigenvalue weighted by atomic mass is 10.3. The van der Waals surface area contributed by atoms with Crippen molar-refractivity contribution in [3.8, 4) is 6.07 Å². The summed E-state index contributed by atoms with van der Waals surface area (Å²) in [4.78, 5) is 17.4. The molecule has 1 heterocycles. The van der Waals surface area contributed by atoms with E-state index >= 15 is 0 Å². The lowest BCUT2D eigenvalue weighted by Crippen LogP contribution is -2.36. The van der Waals surface area contributed by atoms with Crippen LogP contribution in [-0.4, -0.2) is 30.5 Å². The molecule has 1 aromatic rings. The molecule has 3 N–H and O–H groups in total. The van der Waals surface area contributed by atoms with Crippen LogP contribution in [0.4, 0.5) is 11.5 Å². The van der Waals surface area contributed by atoms with E-state index in [1.807, 2.05) is 6.07 Å². The van der Waals surface area contributed by atoms with Gasteiger partial charge in [0, 0.05) is 13.1 Å². The molecule has 1 saturated carbocycles. The van der Waals surface area contributed by atoms with Crippen molar-refractivity contribution >= 4 is 17.4 Å². The summed E-state index contributed by atoms with van der Waals surface area (Å²) in [6.45, 7) is 0.221. The minimum absolute atomic E-state index is 0.0304. The van der Waals surface area contributed by atoms with Crippen molar-refractivity contribution in [2.75, 3.05) is 24.2 Å². The van der Waals surface area contributed by atoms with Gasteiger partial charge < -0.3 is 16.0 Å². The zero-order valence-corrected chi connectivity index (χ0v) is 10.2. The molecule has 0 aliphatic heterocycles. The first-order valence-corrected chi connectivity index (χ1v) is 5.77. The normalized spacial score (nSPS) is 13.8. The van der Waals surface area contributed by atoms with E-state index in [1.54, 1.807) is 24.1 Å². The molecule has 2 rings (SSSR count). The Bertz CT molecular complexity index is 504. The first kappa shape index (κ1) is 12.2. The third kappa shape index (κ3) is 2.88. The fourth-order valence-electron chi connectivity index (χ4n) is 1.56. The number of hydrogen-bond acceptors (Lipinski definition) is 5. The van der Waals surface area contributed by atoms with Gasteiger partial charge >= 0.3 is 0 Å². The topological polar surface area (TPSA) is 95.0 Å². The standard InChI is InChI=1S/C12H15N5O/c1-17(7-12(18)15-8-2-3-8)11-5-4-9(14)10(6-13)16-11/h4-5,8H,2-3,7,14H2,1H3,(H,15,18). The molecule has 0 spiro atoms. The van der Waals surface area contributed by atoms with Crippen LogP contribution in [0.15, 0.2) is 12.1 Å². The number of nitriles is 1. The number of carbonyl (C=O) groups is 1. The molecule has 0 unspecified atom stereocenters. The minimum Gasteiger partial charge on any atom is -0.396 e. The molecule has 0 aromatic carbocycles. The number of amides is 1. The molecular weight excluding hydrogens is 230 g/mol. The van der Waals surface area contributed by atoms with Crippen LogP contribution in [0.25, 0.3) is 0 Å². The average Bonchev–Trinajstić information content (AvgIpc) is 3.13. The molecular formula is C12H15N5O. The number of carbonyl (C=O) groups excluding carboxylic acids is 1. The Morgan fingerprint density at radius 3 is 3.00 bits per heavy atom. The number of anilines is 2. The lowest BCUT2D eigenvalue weighted by Gasteiger charge is -2.18. The number of nitrogens with one attached hydrogen (secondary N) is 1. The number of nitrogen functional groups attached to an aromatic ring is 1. The van der Waals surface area contributed by atoms with Crippen LogP contribution in [0.5, 0.6) is 0 Å². The van der Waals surface area contributed by atoms with Gasteiger partial charge in [-0.15, -0.1) is 0 Å². The van der Waals surface area contributed by atoms with Crippen molar-refractivity contribution in [3.05, 3.63) is 17.8 Å². The highest BCUT2D eigenvalue weighted by Gasteiger charge is 2.23. The van der Waals surface area contributed by atoms with E-state index in [2.05, 4.69) is 10.3 Å². The molecule has 0 atom stereocenters. The van der Waals surface area contributed by atoms with Crippen molar-refractivity contribution < 1.29 is 4.79 Å². The number of rotatable bonds is 4. The number of hydrogen-bond donors (Lipinski definition) is 2. The molecule has 1 aliphatic carbocycles. The van der Waals surface area contributed by atoms with Gasteiger partial charge in [0.2, 0.25) is 5.91 Å². The van der Waals surface area contributed by atoms with E-state index in [1.165, 1.54) is 0 Å². The van der Waals surface area contributed by atoms with Gasteiger partial charge in [0.1, 0.15) is 11.9 Å². The highest BCUT2D eigenvalue weighted by Crippen LogP contribution is 2.19. The van der Waals surface area contributed by atoms with Gasteiger partial charge in [-0.25, -0.2) is 4.98 Å². The third-order valence-corrected chi connectivity index (χ3v) is 2.73. The summed E-state index contributed by atoms with van der Waals surface area (Å²) in [7, 11) is 1.76. The maximum absolute atomic E-state index is 11.6. The molecule has 1 fully saturated rings. The minimum atomic E-state index is -0.0304. The van der Waals surface area contributed by atoms with Gasteiger partial charge in [-0.3, -0.25) is 4.79 Å². The summed E-state index contributed by atoms with van der Waals surface area (Å²) in [5, 5.41) is 11.7. The summed E-state index contributed by atoms with van der Waals surface area (Å²) in [6, 6.07) is 5.59. The van der Waals surface area contributed by atoms with Gasteiger partial charge in [0.05, 0.1) is 12.2 Å². The number of aromatic nitrogens is 1. The number of nitrogens with two attached hydrogens (primary N) is 1. The molecule has 1 amide bonds. The van der Waals surface area contributed by atoms with Gasteiger partial charge in [0.15, 0.2) is 5.69 Å². The second kappa shape index (κ2) is 4.92. The van der Waals surface area contributed by atoms with Gasteiger partial charge in [-0.2, -0.15) is 5.26 Å². The molecule has 6 heteroatoms. The maximum Gasteiger partial charge on any atom is 0.239 e. The molecule has 94 valence electrons. The van der Waals surface area contributed by atoms with E-state index in [4.69, 9.17) is 11.0 Å². The summed E-state index contributed by atoms with van der Waals surface area (Å²) in [5.74, 6) is 0.531. The Kier molecular flexibility index (Phi) is 3.33. The molecule has 6 nitrogen and oxygen atoms in total. The summed E-state index contributed by atoms with van der Waals surface area (Å²) < 4.78 is 0. The lowest BCUT2D eigenvalue weighted by molar-refractivity contribution is -0.119. The molecule has 0 saturated heterocycles. The summed E-state index contributed by atoms with van der Waals surface area (Å²) in [5.41, 5.74) is 6.12. The molecule has 0 bridgehead atoms. The Morgan fingerprint density at radius 1 is 1.67 bits per heavy atom. The van der Waals surface area contributed by atoms with Gasteiger partial charge in [0.25, 0.3) is 0 Å². The van der Waals surface area contributed by atoms with Crippen LogP contribution < -0.4 is 16.0 Å². The Morgan fingerprint density at radius 2 is 2.39 bits per heavy atom. The highest BCUT2D eigenvalue weighted by molar-refractivity contribution is 5.81. The zero-order valence-electron chi connectivity index (χ0n) is 10.2. The zero-order chi connectivity index (χ0) is 13.1. The van der Waals surface area contributed by atoms with Gasteiger partial charge in [-0.1, -0.05) is 0 Å². The smallest absolute Gasteiger partial charge is 0.239 e. The molecule has 18 heavy (non-hydrogen) atoms. The average molecular weight is 245 g/mol. The molecule has 1 aromatic heterocycles. The predicted octanol–water partition coefficient (Wildman–Crippen LogP) is 0.250. The maximum atomic E-state index is 11.6. The first-order chi connectivity index (χ1) is 8.60. The SMILES string of the molecule is CN(CC(=O)NC1CC1)c1ccc(N)c(C#N)n1. The first-order valence-electron chi connectivity index (χ1n) is 5.77. The molecule has 0 radical (unpaired) electrons. The van der Waals surface area contributed by atoms with Crippen molar-refractivity contribution in [2.45, 2.75) is 18.9 Å². The largest absolute Gasteiger partial charge is 0.396 e. The van der Waals surface area contributed by atoms with Crippen molar-refractivity contribution in [1.29, 1.82) is 5.26 Å². The quantitative estimate of drug-likeness (QED) is 0.792. The van der Waals surface area contributed by atoms with E-state index in [0.717, 1.165) is 12.8 Å². The predicted molar refractivity (Wildman–Crippen MR) is 67.8 cm³/mol. The van der Waals surface area contributed by atoms with Crippen LogP contribution >= 0.6 is 0 Å². The second-order valence-electron chi connectivity index (χ2n) is 4.42. The van der Waals surface area contributed by atoms with Crippen LogP contribution in [0.1, 0.15) is 18.5 Å². The van der Waals surface area contributed by atoms with Crippen LogP contribution in [-0.2, 0) is 4.79 Å². The van der Waals surface area contributed by atoms with Crippen molar-refractivity contribution in [3.63, 3.8) is 0 Å². The van der Waals surface area contributed by atoms with Crippen molar-refractivity contribution in [2.24, 2.45) is 0 Å². The number of pyridine rings is 1. The fraction of sp³-hybridized carbons (Fsp3) is 0.417. The fourth-order valence-corrected chi connectivity index (χ4v) is 1.56. The Hall–Kier alpha value is -2.29. The summed E-state index contributed by atoms with van der Waals surface area (Å²) >= 11 is 0. The van der Waals surface area contributed by atoms with E-state index in [9.17, 15) is 4.79 Å². The third-order valence-electron chi connectivity index (χ3n) is 2.73. The monoisotopic (exact) mass is 245 g/mol. The van der Waals surface area contributed by atoms with Crippen molar-refractivity contribution in [1.82, 2.24) is 10.3 Å². The Balaban J connectivity index is 2.01. The Labute approximate surface area is 105 Å². The number of likely N-dealkylation sites (N-methyl/N-ethyl adjacent to an activating group) is 1. The van der Waals surface area contributed by atoms with Gasteiger partial charge in [-0.05, 0) is 25.0 Å². The van der Waals surface area contributed by atoms with Crippen LogP contribution in [0.2, 0.25) is 0 Å². The second-order valence-corrected chi connectivity index (χ2v) is 4.42. The molecule has 1 aliphatic rings. The summed E-state index contributed by atoms with van der Waals surface area (Å²) in [6.07, 6.45) is 2.13. The van der Waals surface area contributed by atoms with E-state index in [-0.39, 0.29) is 18.1 Å². The van der Waals surface area contributed by atoms with E-state index in [0.29, 0.717) is 17.5 Å². The van der Waals surface area contributed by atoms with E-state index < -0.39 is 0 Å². The number of nitrogens with zero attached hydrogens (tertiary/aromatic N) is 3. The van der Waals surface area contributed by atoms with Crippen LogP contribution in [0.3, 0.4) is 0 Å². The van der Waals surface area contributed by atoms with Crippen LogP contribution in [0, 0.1) is 11.3 Å². The highest BCUT2D eigenvalue weighted by atomic mass is 16.2.